The second-order valence-electron chi connectivity index (χ2n) is 3.44. The van der Waals surface area contributed by atoms with Gasteiger partial charge in [0.2, 0.25) is 11.8 Å². The molecule has 1 rings (SSSR count). The Morgan fingerprint density at radius 1 is 1.31 bits per heavy atom. The molecule has 2 N–H and O–H groups in total. The Bertz CT molecular complexity index is 389. The summed E-state index contributed by atoms with van der Waals surface area (Å²) in [5.74, 6) is -0.632. The van der Waals surface area contributed by atoms with Gasteiger partial charge in [0, 0.05) is 19.2 Å². The lowest BCUT2D eigenvalue weighted by molar-refractivity contribution is -0.127. The topological polar surface area (TPSA) is 63.4 Å². The molecule has 16 heavy (non-hydrogen) atoms. The maximum Gasteiger partial charge on any atom is 0.248 e. The summed E-state index contributed by atoms with van der Waals surface area (Å²) in [6.07, 6.45) is 0. The largest absolute Gasteiger partial charge is 0.366 e. The summed E-state index contributed by atoms with van der Waals surface area (Å²) >= 11 is 5.43. The number of hydrogen-bond donors (Lipinski definition) is 1. The number of primary amides is 1. The highest BCUT2D eigenvalue weighted by Gasteiger charge is 2.07. The molecule has 0 aliphatic heterocycles. The van der Waals surface area contributed by atoms with Crippen molar-refractivity contribution >= 4 is 23.4 Å². The molecule has 0 saturated heterocycles. The maximum atomic E-state index is 11.2. The minimum Gasteiger partial charge on any atom is -0.366 e. The van der Waals surface area contributed by atoms with E-state index in [0.29, 0.717) is 12.1 Å². The lowest BCUT2D eigenvalue weighted by Gasteiger charge is -2.15. The van der Waals surface area contributed by atoms with Crippen LogP contribution >= 0.6 is 11.6 Å². The molecule has 0 atom stereocenters. The van der Waals surface area contributed by atoms with E-state index >= 15 is 0 Å². The SMILES string of the molecule is CN(Cc1ccc(C(N)=O)cc1)C(=O)CCl. The summed E-state index contributed by atoms with van der Waals surface area (Å²) in [4.78, 5) is 23.6. The van der Waals surface area contributed by atoms with Crippen LogP contribution in [0.1, 0.15) is 15.9 Å². The number of benzene rings is 1. The summed E-state index contributed by atoms with van der Waals surface area (Å²) in [7, 11) is 1.67. The second kappa shape index (κ2) is 5.51. The molecule has 0 aliphatic rings. The van der Waals surface area contributed by atoms with Crippen LogP contribution in [0, 0.1) is 0 Å². The molecule has 0 fully saturated rings. The molecule has 4 nitrogen and oxygen atoms in total. The van der Waals surface area contributed by atoms with Gasteiger partial charge in [-0.1, -0.05) is 12.1 Å². The maximum absolute atomic E-state index is 11.2. The number of amides is 2. The van der Waals surface area contributed by atoms with E-state index in [1.54, 1.807) is 31.3 Å². The molecule has 5 heteroatoms. The molecule has 1 aromatic carbocycles. The van der Waals surface area contributed by atoms with Crippen LogP contribution < -0.4 is 5.73 Å². The number of nitrogens with zero attached hydrogens (tertiary/aromatic N) is 1. The molecule has 0 aliphatic carbocycles. The number of nitrogens with two attached hydrogens (primary N) is 1. The highest BCUT2D eigenvalue weighted by Crippen LogP contribution is 2.06. The fourth-order valence-corrected chi connectivity index (χ4v) is 1.44. The van der Waals surface area contributed by atoms with Crippen LogP contribution in [-0.4, -0.2) is 29.6 Å². The summed E-state index contributed by atoms with van der Waals surface area (Å²) in [6.45, 7) is 0.463. The first-order chi connectivity index (χ1) is 7.54. The van der Waals surface area contributed by atoms with E-state index < -0.39 is 5.91 Å². The molecule has 86 valence electrons. The van der Waals surface area contributed by atoms with Gasteiger partial charge in [-0.15, -0.1) is 11.6 Å². The molecule has 0 unspecified atom stereocenters. The molecular weight excluding hydrogens is 228 g/mol. The minimum atomic E-state index is -0.461. The predicted octanol–water partition coefficient (Wildman–Crippen LogP) is 0.983. The standard InChI is InChI=1S/C11H13ClN2O2/c1-14(10(15)6-12)7-8-2-4-9(5-3-8)11(13)16/h2-5H,6-7H2,1H3,(H2,13,16). The van der Waals surface area contributed by atoms with Gasteiger partial charge in [0.25, 0.3) is 0 Å². The molecular formula is C11H13ClN2O2. The lowest BCUT2D eigenvalue weighted by Crippen LogP contribution is -2.27. The van der Waals surface area contributed by atoms with E-state index in [1.807, 2.05) is 0 Å². The van der Waals surface area contributed by atoms with Gasteiger partial charge in [-0.25, -0.2) is 0 Å². The van der Waals surface area contributed by atoms with Crippen molar-refractivity contribution in [1.29, 1.82) is 0 Å². The number of rotatable bonds is 4. The van der Waals surface area contributed by atoms with E-state index in [-0.39, 0.29) is 11.8 Å². The van der Waals surface area contributed by atoms with Crippen LogP contribution in [0.2, 0.25) is 0 Å². The molecule has 0 bridgehead atoms. The van der Waals surface area contributed by atoms with Crippen LogP contribution in [0.25, 0.3) is 0 Å². The summed E-state index contributed by atoms with van der Waals surface area (Å²) in [5.41, 5.74) is 6.49. The average Bonchev–Trinajstić information content (AvgIpc) is 2.28. The van der Waals surface area contributed by atoms with Gasteiger partial charge >= 0.3 is 0 Å². The fourth-order valence-electron chi connectivity index (χ4n) is 1.24. The number of alkyl halides is 1. The van der Waals surface area contributed by atoms with Crippen molar-refractivity contribution in [2.24, 2.45) is 5.73 Å². The number of carbonyl (C=O) groups excluding carboxylic acids is 2. The fraction of sp³-hybridized carbons (Fsp3) is 0.273. The van der Waals surface area contributed by atoms with Gasteiger partial charge < -0.3 is 10.6 Å². The predicted molar refractivity (Wildman–Crippen MR) is 62.2 cm³/mol. The molecule has 2 amide bonds. The second-order valence-corrected chi connectivity index (χ2v) is 3.71. The van der Waals surface area contributed by atoms with Crippen molar-refractivity contribution in [1.82, 2.24) is 4.90 Å². The number of hydrogen-bond acceptors (Lipinski definition) is 2. The Morgan fingerprint density at radius 2 is 1.88 bits per heavy atom. The van der Waals surface area contributed by atoms with Crippen LogP contribution in [0.3, 0.4) is 0 Å². The number of halogens is 1. The van der Waals surface area contributed by atoms with Crippen molar-refractivity contribution in [2.45, 2.75) is 6.54 Å². The zero-order valence-corrected chi connectivity index (χ0v) is 9.70. The average molecular weight is 241 g/mol. The number of carbonyl (C=O) groups is 2. The van der Waals surface area contributed by atoms with Gasteiger partial charge in [0.1, 0.15) is 5.88 Å². The minimum absolute atomic E-state index is 0.0319. The van der Waals surface area contributed by atoms with Crippen molar-refractivity contribution in [3.63, 3.8) is 0 Å². The van der Waals surface area contributed by atoms with E-state index in [4.69, 9.17) is 17.3 Å². The van der Waals surface area contributed by atoms with Crippen molar-refractivity contribution in [3.05, 3.63) is 35.4 Å². The Morgan fingerprint density at radius 3 is 2.31 bits per heavy atom. The lowest BCUT2D eigenvalue weighted by atomic mass is 10.1. The molecule has 0 saturated carbocycles. The highest BCUT2D eigenvalue weighted by atomic mass is 35.5. The van der Waals surface area contributed by atoms with Gasteiger partial charge in [-0.2, -0.15) is 0 Å². The third kappa shape index (κ3) is 3.24. The Hall–Kier alpha value is -1.55. The van der Waals surface area contributed by atoms with Gasteiger partial charge in [-0.05, 0) is 17.7 Å². The van der Waals surface area contributed by atoms with Crippen molar-refractivity contribution in [2.75, 3.05) is 12.9 Å². The van der Waals surface area contributed by atoms with Crippen LogP contribution in [-0.2, 0) is 11.3 Å². The molecule has 0 aromatic heterocycles. The third-order valence-electron chi connectivity index (χ3n) is 2.20. The summed E-state index contributed by atoms with van der Waals surface area (Å²) in [5, 5.41) is 0. The Labute approximate surface area is 99.0 Å². The summed E-state index contributed by atoms with van der Waals surface area (Å²) < 4.78 is 0. The van der Waals surface area contributed by atoms with Crippen molar-refractivity contribution in [3.8, 4) is 0 Å². The molecule has 0 heterocycles. The Balaban J connectivity index is 2.68. The first kappa shape index (κ1) is 12.5. The van der Waals surface area contributed by atoms with E-state index in [1.165, 1.54) is 4.90 Å². The van der Waals surface area contributed by atoms with Gasteiger partial charge in [0.05, 0.1) is 0 Å². The molecule has 0 radical (unpaired) electrons. The molecule has 0 spiro atoms. The quantitative estimate of drug-likeness (QED) is 0.798. The third-order valence-corrected chi connectivity index (χ3v) is 2.43. The first-order valence-electron chi connectivity index (χ1n) is 4.73. The zero-order chi connectivity index (χ0) is 12.1. The van der Waals surface area contributed by atoms with E-state index in [2.05, 4.69) is 0 Å². The smallest absolute Gasteiger partial charge is 0.248 e. The Kier molecular flexibility index (Phi) is 4.31. The van der Waals surface area contributed by atoms with Crippen LogP contribution in [0.4, 0.5) is 0 Å². The van der Waals surface area contributed by atoms with E-state index in [0.717, 1.165) is 5.56 Å². The van der Waals surface area contributed by atoms with Crippen LogP contribution in [0.15, 0.2) is 24.3 Å². The zero-order valence-electron chi connectivity index (χ0n) is 8.94. The van der Waals surface area contributed by atoms with Crippen LogP contribution in [0.5, 0.6) is 0 Å². The van der Waals surface area contributed by atoms with Gasteiger partial charge in [0.15, 0.2) is 0 Å². The van der Waals surface area contributed by atoms with Crippen molar-refractivity contribution < 1.29 is 9.59 Å². The van der Waals surface area contributed by atoms with E-state index in [9.17, 15) is 9.59 Å². The molecule has 1 aromatic rings. The van der Waals surface area contributed by atoms with Gasteiger partial charge in [-0.3, -0.25) is 9.59 Å². The highest BCUT2D eigenvalue weighted by molar-refractivity contribution is 6.27. The first-order valence-corrected chi connectivity index (χ1v) is 5.26. The monoisotopic (exact) mass is 240 g/mol. The summed E-state index contributed by atoms with van der Waals surface area (Å²) in [6, 6.07) is 6.80. The normalized spacial score (nSPS) is 9.88.